The van der Waals surface area contributed by atoms with E-state index in [2.05, 4.69) is 41.9 Å². The first-order valence-corrected chi connectivity index (χ1v) is 11.9. The highest BCUT2D eigenvalue weighted by Crippen LogP contribution is 2.37. The zero-order chi connectivity index (χ0) is 23.4. The minimum Gasteiger partial charge on any atom is -0.490 e. The van der Waals surface area contributed by atoms with Gasteiger partial charge in [0.15, 0.2) is 11.5 Å². The first kappa shape index (κ1) is 23.2. The predicted octanol–water partition coefficient (Wildman–Crippen LogP) is 6.09. The third-order valence-electron chi connectivity index (χ3n) is 4.85. The maximum absolute atomic E-state index is 13.0. The van der Waals surface area contributed by atoms with Gasteiger partial charge in [0.05, 0.1) is 28.2 Å². The molecule has 33 heavy (non-hydrogen) atoms. The molecule has 0 aliphatic carbocycles. The second-order valence-electron chi connectivity index (χ2n) is 7.22. The van der Waals surface area contributed by atoms with E-state index in [0.29, 0.717) is 41.4 Å². The Labute approximate surface area is 208 Å². The number of aryl methyl sites for hydroxylation is 1. The maximum Gasteiger partial charge on any atom is 0.282 e. The Bertz CT molecular complexity index is 1390. The van der Waals surface area contributed by atoms with Crippen LogP contribution in [0.5, 0.6) is 11.5 Å². The molecule has 1 aromatic heterocycles. The summed E-state index contributed by atoms with van der Waals surface area (Å²) >= 11 is 6.99. The van der Waals surface area contributed by atoms with Gasteiger partial charge in [-0.2, -0.15) is 9.78 Å². The van der Waals surface area contributed by atoms with E-state index in [4.69, 9.17) is 9.47 Å². The Balaban J connectivity index is 1.66. The Kier molecular flexibility index (Phi) is 7.25. The van der Waals surface area contributed by atoms with Crippen molar-refractivity contribution in [3.05, 3.63) is 96.9 Å². The van der Waals surface area contributed by atoms with Crippen molar-refractivity contribution in [3.63, 3.8) is 0 Å². The number of benzene rings is 3. The van der Waals surface area contributed by atoms with Crippen LogP contribution in [0.2, 0.25) is 0 Å². The van der Waals surface area contributed by atoms with Gasteiger partial charge in [0.2, 0.25) is 0 Å². The number of ether oxygens (including phenoxy) is 2. The van der Waals surface area contributed by atoms with Crippen molar-refractivity contribution in [2.24, 2.45) is 5.10 Å². The average Bonchev–Trinajstić information content (AvgIpc) is 2.80. The molecule has 6 nitrogen and oxygen atoms in total. The van der Waals surface area contributed by atoms with Gasteiger partial charge in [-0.25, -0.2) is 4.98 Å². The summed E-state index contributed by atoms with van der Waals surface area (Å²) in [4.78, 5) is 17.5. The molecule has 0 bridgehead atoms. The zero-order valence-corrected chi connectivity index (χ0v) is 21.3. The molecule has 0 atom stereocenters. The molecule has 4 aromatic rings. The molecule has 0 spiro atoms. The van der Waals surface area contributed by atoms with Crippen molar-refractivity contribution in [2.45, 2.75) is 20.5 Å². The van der Waals surface area contributed by atoms with Crippen LogP contribution in [0.1, 0.15) is 23.9 Å². The third kappa shape index (κ3) is 5.34. The number of nitrogens with zero attached hydrogens (tertiary/aromatic N) is 3. The number of hydrogen-bond donors (Lipinski definition) is 0. The topological polar surface area (TPSA) is 65.7 Å². The van der Waals surface area contributed by atoms with Gasteiger partial charge >= 0.3 is 0 Å². The van der Waals surface area contributed by atoms with Crippen molar-refractivity contribution in [3.8, 4) is 11.5 Å². The Hall–Kier alpha value is -2.97. The molecule has 0 saturated heterocycles. The Morgan fingerprint density at radius 3 is 2.61 bits per heavy atom. The van der Waals surface area contributed by atoms with E-state index in [1.54, 1.807) is 19.2 Å². The summed E-state index contributed by atoms with van der Waals surface area (Å²) in [5.41, 5.74) is 2.20. The second kappa shape index (κ2) is 10.3. The SMILES string of the molecule is CCOc1cc(C=Nn2c(C)nc3ccc(Br)cc3c2=O)cc(Br)c1OCc1ccccc1. The van der Waals surface area contributed by atoms with E-state index in [1.807, 2.05) is 61.5 Å². The molecule has 0 amide bonds. The highest BCUT2D eigenvalue weighted by Gasteiger charge is 2.13. The average molecular weight is 571 g/mol. The fraction of sp³-hybridized carbons (Fsp3) is 0.160. The number of halogens is 2. The zero-order valence-electron chi connectivity index (χ0n) is 18.1. The normalized spacial score (nSPS) is 11.3. The summed E-state index contributed by atoms with van der Waals surface area (Å²) in [6.07, 6.45) is 1.61. The summed E-state index contributed by atoms with van der Waals surface area (Å²) in [7, 11) is 0. The minimum atomic E-state index is -0.234. The van der Waals surface area contributed by atoms with Gasteiger partial charge in [0, 0.05) is 4.47 Å². The molecule has 0 fully saturated rings. The van der Waals surface area contributed by atoms with Crippen molar-refractivity contribution in [1.82, 2.24) is 9.66 Å². The minimum absolute atomic E-state index is 0.234. The van der Waals surface area contributed by atoms with Gasteiger partial charge in [0.1, 0.15) is 12.4 Å². The fourth-order valence-corrected chi connectivity index (χ4v) is 4.25. The summed E-state index contributed by atoms with van der Waals surface area (Å²) < 4.78 is 14.7. The molecule has 0 radical (unpaired) electrons. The molecule has 0 aliphatic heterocycles. The van der Waals surface area contributed by atoms with Gasteiger partial charge in [-0.3, -0.25) is 4.79 Å². The van der Waals surface area contributed by atoms with Crippen molar-refractivity contribution in [2.75, 3.05) is 6.61 Å². The molecule has 4 rings (SSSR count). The third-order valence-corrected chi connectivity index (χ3v) is 5.93. The fourth-order valence-electron chi connectivity index (χ4n) is 3.32. The summed E-state index contributed by atoms with van der Waals surface area (Å²) in [6, 6.07) is 19.0. The van der Waals surface area contributed by atoms with E-state index in [-0.39, 0.29) is 5.56 Å². The van der Waals surface area contributed by atoms with Crippen molar-refractivity contribution >= 4 is 49.0 Å². The lowest BCUT2D eigenvalue weighted by Crippen LogP contribution is -2.20. The Morgan fingerprint density at radius 2 is 1.85 bits per heavy atom. The number of fused-ring (bicyclic) bond motifs is 1. The van der Waals surface area contributed by atoms with Gasteiger partial charge < -0.3 is 9.47 Å². The lowest BCUT2D eigenvalue weighted by atomic mass is 10.2. The molecule has 0 saturated carbocycles. The van der Waals surface area contributed by atoms with Crippen LogP contribution in [0.4, 0.5) is 0 Å². The van der Waals surface area contributed by atoms with Crippen LogP contribution in [-0.2, 0) is 6.61 Å². The van der Waals surface area contributed by atoms with Crippen LogP contribution in [-0.4, -0.2) is 22.5 Å². The van der Waals surface area contributed by atoms with Crippen molar-refractivity contribution < 1.29 is 9.47 Å². The van der Waals surface area contributed by atoms with E-state index in [9.17, 15) is 4.79 Å². The van der Waals surface area contributed by atoms with Crippen LogP contribution in [0.15, 0.2) is 79.5 Å². The smallest absolute Gasteiger partial charge is 0.282 e. The van der Waals surface area contributed by atoms with E-state index >= 15 is 0 Å². The molecule has 0 N–H and O–H groups in total. The molecular weight excluding hydrogens is 550 g/mol. The number of hydrogen-bond acceptors (Lipinski definition) is 5. The van der Waals surface area contributed by atoms with Crippen LogP contribution in [0.3, 0.4) is 0 Å². The highest BCUT2D eigenvalue weighted by atomic mass is 79.9. The Morgan fingerprint density at radius 1 is 1.06 bits per heavy atom. The van der Waals surface area contributed by atoms with Gasteiger partial charge in [-0.05, 0) is 71.2 Å². The molecule has 3 aromatic carbocycles. The lowest BCUT2D eigenvalue weighted by Gasteiger charge is -2.14. The molecule has 0 aliphatic rings. The van der Waals surface area contributed by atoms with E-state index < -0.39 is 0 Å². The van der Waals surface area contributed by atoms with Crippen LogP contribution in [0.25, 0.3) is 10.9 Å². The second-order valence-corrected chi connectivity index (χ2v) is 8.99. The maximum atomic E-state index is 13.0. The molecule has 0 unspecified atom stereocenters. The summed E-state index contributed by atoms with van der Waals surface area (Å²) in [5.74, 6) is 1.70. The molecular formula is C25H21Br2N3O3. The van der Waals surface area contributed by atoms with Crippen LogP contribution >= 0.6 is 31.9 Å². The number of rotatable bonds is 7. The monoisotopic (exact) mass is 569 g/mol. The first-order valence-electron chi connectivity index (χ1n) is 10.3. The largest absolute Gasteiger partial charge is 0.490 e. The summed E-state index contributed by atoms with van der Waals surface area (Å²) in [6.45, 7) is 4.57. The standard InChI is InChI=1S/C25H21Br2N3O3/c1-3-32-23-12-18(11-21(27)24(23)33-15-17-7-5-4-6-8-17)14-28-30-16(2)29-22-10-9-19(26)13-20(22)25(30)31/h4-14H,3,15H2,1-2H3. The van der Waals surface area contributed by atoms with Gasteiger partial charge in [-0.1, -0.05) is 46.3 Å². The summed E-state index contributed by atoms with van der Waals surface area (Å²) in [5, 5.41) is 4.90. The highest BCUT2D eigenvalue weighted by molar-refractivity contribution is 9.10. The lowest BCUT2D eigenvalue weighted by molar-refractivity contribution is 0.267. The van der Waals surface area contributed by atoms with Gasteiger partial charge in [0.25, 0.3) is 5.56 Å². The van der Waals surface area contributed by atoms with Crippen LogP contribution < -0.4 is 15.0 Å². The molecule has 168 valence electrons. The quantitative estimate of drug-likeness (QED) is 0.252. The van der Waals surface area contributed by atoms with E-state index in [1.165, 1.54) is 4.68 Å². The van der Waals surface area contributed by atoms with E-state index in [0.717, 1.165) is 20.1 Å². The molecule has 1 heterocycles. The first-order chi connectivity index (χ1) is 16.0. The van der Waals surface area contributed by atoms with Gasteiger partial charge in [-0.15, -0.1) is 0 Å². The predicted molar refractivity (Wildman–Crippen MR) is 138 cm³/mol. The van der Waals surface area contributed by atoms with Crippen LogP contribution in [0, 0.1) is 6.92 Å². The number of aromatic nitrogens is 2. The molecule has 8 heteroatoms. The van der Waals surface area contributed by atoms with Crippen molar-refractivity contribution in [1.29, 1.82) is 0 Å².